The van der Waals surface area contributed by atoms with Gasteiger partial charge in [-0.25, -0.2) is 0 Å². The Labute approximate surface area is 154 Å². The van der Waals surface area contributed by atoms with Crippen LogP contribution in [0.3, 0.4) is 0 Å². The molecule has 6 heteroatoms. The molecular formula is C19H26ClN3O2. The second-order valence-electron chi connectivity index (χ2n) is 6.95. The molecule has 1 amide bonds. The van der Waals surface area contributed by atoms with Gasteiger partial charge in [0.05, 0.1) is 0 Å². The first kappa shape index (κ1) is 19.4. The molecule has 0 aliphatic rings. The molecule has 0 saturated carbocycles. The Kier molecular flexibility index (Phi) is 6.59. The Bertz CT molecular complexity index is 727. The predicted molar refractivity (Wildman–Crippen MR) is 99.3 cm³/mol. The van der Waals surface area contributed by atoms with Crippen molar-refractivity contribution >= 4 is 17.5 Å². The standard InChI is InChI=1S/C19H26ClN3O2/c1-6-12(4)17(21-16(24)9-11(2)3)19-22-18(23-25-19)14-8-7-13(5)15(20)10-14/h7-8,10-12,17H,6,9H2,1-5H3,(H,21,24)/t12-,17+/m1/s1. The van der Waals surface area contributed by atoms with E-state index in [-0.39, 0.29) is 17.9 Å². The number of carbonyl (C=O) groups excluding carboxylic acids is 1. The maximum atomic E-state index is 12.2. The van der Waals surface area contributed by atoms with Crippen LogP contribution in [-0.4, -0.2) is 16.0 Å². The zero-order valence-corrected chi connectivity index (χ0v) is 16.2. The molecule has 0 aliphatic heterocycles. The van der Waals surface area contributed by atoms with Gasteiger partial charge in [0, 0.05) is 17.0 Å². The van der Waals surface area contributed by atoms with Crippen LogP contribution in [0.5, 0.6) is 0 Å². The number of halogens is 1. The summed E-state index contributed by atoms with van der Waals surface area (Å²) in [6, 6.07) is 5.36. The molecule has 1 N–H and O–H groups in total. The van der Waals surface area contributed by atoms with Crippen molar-refractivity contribution in [2.24, 2.45) is 11.8 Å². The van der Waals surface area contributed by atoms with Gasteiger partial charge >= 0.3 is 0 Å². The lowest BCUT2D eigenvalue weighted by Crippen LogP contribution is -2.33. The molecular weight excluding hydrogens is 338 g/mol. The van der Waals surface area contributed by atoms with Crippen molar-refractivity contribution < 1.29 is 9.32 Å². The molecule has 0 unspecified atom stereocenters. The molecule has 25 heavy (non-hydrogen) atoms. The fraction of sp³-hybridized carbons (Fsp3) is 0.526. The van der Waals surface area contributed by atoms with Gasteiger partial charge < -0.3 is 9.84 Å². The third-order valence-electron chi connectivity index (χ3n) is 4.26. The summed E-state index contributed by atoms with van der Waals surface area (Å²) < 4.78 is 5.46. The number of aryl methyl sites for hydroxylation is 1. The Morgan fingerprint density at radius 2 is 2.04 bits per heavy atom. The first-order chi connectivity index (χ1) is 11.8. The number of rotatable bonds is 7. The van der Waals surface area contributed by atoms with Crippen molar-refractivity contribution in [2.75, 3.05) is 0 Å². The normalized spacial score (nSPS) is 13.7. The van der Waals surface area contributed by atoms with E-state index in [9.17, 15) is 4.79 Å². The van der Waals surface area contributed by atoms with Crippen molar-refractivity contribution in [1.82, 2.24) is 15.5 Å². The maximum absolute atomic E-state index is 12.2. The molecule has 1 heterocycles. The summed E-state index contributed by atoms with van der Waals surface area (Å²) in [5, 5.41) is 7.77. The highest BCUT2D eigenvalue weighted by atomic mass is 35.5. The predicted octanol–water partition coefficient (Wildman–Crippen LogP) is 4.95. The SMILES string of the molecule is CC[C@@H](C)[C@H](NC(=O)CC(C)C)c1nc(-c2ccc(C)c(Cl)c2)no1. The molecule has 1 aromatic carbocycles. The fourth-order valence-electron chi connectivity index (χ4n) is 2.50. The summed E-state index contributed by atoms with van der Waals surface area (Å²) >= 11 is 6.18. The number of aromatic nitrogens is 2. The van der Waals surface area contributed by atoms with E-state index in [4.69, 9.17) is 16.1 Å². The van der Waals surface area contributed by atoms with Gasteiger partial charge in [0.25, 0.3) is 0 Å². The van der Waals surface area contributed by atoms with Gasteiger partial charge in [0.15, 0.2) is 0 Å². The minimum Gasteiger partial charge on any atom is -0.344 e. The highest BCUT2D eigenvalue weighted by Gasteiger charge is 2.26. The van der Waals surface area contributed by atoms with Crippen molar-refractivity contribution in [3.63, 3.8) is 0 Å². The lowest BCUT2D eigenvalue weighted by atomic mass is 9.98. The minimum atomic E-state index is -0.293. The molecule has 0 spiro atoms. The average molecular weight is 364 g/mol. The highest BCUT2D eigenvalue weighted by Crippen LogP contribution is 2.27. The van der Waals surface area contributed by atoms with Crippen molar-refractivity contribution in [3.05, 3.63) is 34.7 Å². The number of benzene rings is 1. The first-order valence-corrected chi connectivity index (χ1v) is 9.09. The van der Waals surface area contributed by atoms with E-state index in [1.807, 2.05) is 39.0 Å². The third-order valence-corrected chi connectivity index (χ3v) is 4.67. The van der Waals surface area contributed by atoms with E-state index in [1.54, 1.807) is 0 Å². The molecule has 0 bridgehead atoms. The molecule has 0 fully saturated rings. The molecule has 0 saturated heterocycles. The van der Waals surface area contributed by atoms with Gasteiger partial charge in [0.1, 0.15) is 6.04 Å². The van der Waals surface area contributed by atoms with Crippen LogP contribution in [0.2, 0.25) is 5.02 Å². The molecule has 136 valence electrons. The number of hydrogen-bond acceptors (Lipinski definition) is 4. The van der Waals surface area contributed by atoms with Crippen LogP contribution in [0.25, 0.3) is 11.4 Å². The molecule has 1 aromatic heterocycles. The van der Waals surface area contributed by atoms with Crippen LogP contribution in [-0.2, 0) is 4.79 Å². The quantitative estimate of drug-likeness (QED) is 0.755. The number of nitrogens with zero attached hydrogens (tertiary/aromatic N) is 2. The van der Waals surface area contributed by atoms with Gasteiger partial charge in [-0.05, 0) is 30.4 Å². The topological polar surface area (TPSA) is 68.0 Å². The number of carbonyl (C=O) groups is 1. The van der Waals surface area contributed by atoms with Gasteiger partial charge in [-0.1, -0.05) is 63.0 Å². The summed E-state index contributed by atoms with van der Waals surface area (Å²) in [4.78, 5) is 16.7. The number of hydrogen-bond donors (Lipinski definition) is 1. The van der Waals surface area contributed by atoms with E-state index >= 15 is 0 Å². The minimum absolute atomic E-state index is 0.00145. The Morgan fingerprint density at radius 3 is 2.64 bits per heavy atom. The van der Waals surface area contributed by atoms with Gasteiger partial charge in [-0.3, -0.25) is 4.79 Å². The van der Waals surface area contributed by atoms with Crippen LogP contribution < -0.4 is 5.32 Å². The first-order valence-electron chi connectivity index (χ1n) is 8.71. The van der Waals surface area contributed by atoms with Crippen molar-refractivity contribution in [2.45, 2.75) is 53.5 Å². The average Bonchev–Trinajstić information content (AvgIpc) is 3.03. The zero-order valence-electron chi connectivity index (χ0n) is 15.5. The van der Waals surface area contributed by atoms with Gasteiger partial charge in [0.2, 0.25) is 17.6 Å². The van der Waals surface area contributed by atoms with Crippen LogP contribution in [0.4, 0.5) is 0 Å². The van der Waals surface area contributed by atoms with E-state index in [2.05, 4.69) is 29.3 Å². The van der Waals surface area contributed by atoms with Crippen molar-refractivity contribution in [1.29, 1.82) is 0 Å². The van der Waals surface area contributed by atoms with Gasteiger partial charge in [-0.2, -0.15) is 4.98 Å². The maximum Gasteiger partial charge on any atom is 0.249 e. The Balaban J connectivity index is 2.25. The number of amides is 1. The second kappa shape index (κ2) is 8.48. The van der Waals surface area contributed by atoms with Crippen LogP contribution in [0.15, 0.2) is 22.7 Å². The summed E-state index contributed by atoms with van der Waals surface area (Å²) in [5.41, 5.74) is 1.79. The molecule has 0 radical (unpaired) electrons. The molecule has 2 atom stereocenters. The molecule has 2 aromatic rings. The zero-order chi connectivity index (χ0) is 18.6. The van der Waals surface area contributed by atoms with Crippen molar-refractivity contribution in [3.8, 4) is 11.4 Å². The van der Waals surface area contributed by atoms with E-state index in [0.717, 1.165) is 17.5 Å². The van der Waals surface area contributed by atoms with E-state index in [0.29, 0.717) is 29.1 Å². The van der Waals surface area contributed by atoms with E-state index < -0.39 is 0 Å². The smallest absolute Gasteiger partial charge is 0.249 e. The van der Waals surface area contributed by atoms with E-state index in [1.165, 1.54) is 0 Å². The summed E-state index contributed by atoms with van der Waals surface area (Å²) in [6.07, 6.45) is 1.36. The summed E-state index contributed by atoms with van der Waals surface area (Å²) in [5.74, 6) is 1.39. The Hall–Kier alpha value is -1.88. The van der Waals surface area contributed by atoms with Crippen LogP contribution in [0.1, 0.15) is 58.0 Å². The molecule has 2 rings (SSSR count). The second-order valence-corrected chi connectivity index (χ2v) is 7.36. The lowest BCUT2D eigenvalue weighted by molar-refractivity contribution is -0.123. The van der Waals surface area contributed by atoms with Crippen LogP contribution in [0, 0.1) is 18.8 Å². The fourth-order valence-corrected chi connectivity index (χ4v) is 2.68. The Morgan fingerprint density at radius 1 is 1.32 bits per heavy atom. The lowest BCUT2D eigenvalue weighted by Gasteiger charge is -2.21. The summed E-state index contributed by atoms with van der Waals surface area (Å²) in [6.45, 7) is 10.1. The van der Waals surface area contributed by atoms with Gasteiger partial charge in [-0.15, -0.1) is 0 Å². The van der Waals surface area contributed by atoms with Crippen LogP contribution >= 0.6 is 11.6 Å². The monoisotopic (exact) mass is 363 g/mol. The molecule has 5 nitrogen and oxygen atoms in total. The highest BCUT2D eigenvalue weighted by molar-refractivity contribution is 6.31. The number of nitrogens with one attached hydrogen (secondary N) is 1. The molecule has 0 aliphatic carbocycles. The third kappa shape index (κ3) is 5.05. The largest absolute Gasteiger partial charge is 0.344 e. The summed E-state index contributed by atoms with van der Waals surface area (Å²) in [7, 11) is 0.